The molecule has 7 heteroatoms. The van der Waals surface area contributed by atoms with Crippen LogP contribution in [0.3, 0.4) is 0 Å². The maximum absolute atomic E-state index is 12.5. The molecule has 1 aromatic carbocycles. The molecule has 0 bridgehead atoms. The molecule has 36 heavy (non-hydrogen) atoms. The standard InChI is InChI=1S/C29H41N3O4/c1-4-5-6-7-8-9-10-11-12-16-21-31-25(36-22-29(31,2)3)20-19-24-26(33)30-28(35)32(27(24)34)23-17-14-13-15-18-23/h13-15,17-19,34H,4-12,16,21-22H2,1-3H3,(H,30,33,35). The van der Waals surface area contributed by atoms with Crippen LogP contribution >= 0.6 is 0 Å². The van der Waals surface area contributed by atoms with Gasteiger partial charge in [-0.25, -0.2) is 9.36 Å². The van der Waals surface area contributed by atoms with E-state index in [1.165, 1.54) is 63.9 Å². The molecule has 1 fully saturated rings. The number of nitrogens with one attached hydrogen (secondary N) is 1. The van der Waals surface area contributed by atoms with Crippen LogP contribution in [-0.4, -0.2) is 38.2 Å². The van der Waals surface area contributed by atoms with Gasteiger partial charge in [0.15, 0.2) is 0 Å². The van der Waals surface area contributed by atoms with Crippen LogP contribution in [0.15, 0.2) is 51.5 Å². The Kier molecular flexibility index (Phi) is 10.1. The van der Waals surface area contributed by atoms with E-state index < -0.39 is 17.1 Å². The van der Waals surface area contributed by atoms with Crippen LogP contribution in [0.1, 0.15) is 90.5 Å². The van der Waals surface area contributed by atoms with Crippen molar-refractivity contribution in [2.75, 3.05) is 13.2 Å². The quantitative estimate of drug-likeness (QED) is 0.274. The smallest absolute Gasteiger partial charge is 0.335 e. The number of rotatable bonds is 13. The maximum atomic E-state index is 12.5. The van der Waals surface area contributed by atoms with E-state index in [4.69, 9.17) is 4.74 Å². The number of ether oxygens (including phenoxy) is 1. The van der Waals surface area contributed by atoms with Gasteiger partial charge in [-0.1, -0.05) is 88.6 Å². The Morgan fingerprint density at radius 1 is 1.00 bits per heavy atom. The molecule has 2 N–H and O–H groups in total. The zero-order valence-corrected chi connectivity index (χ0v) is 22.0. The summed E-state index contributed by atoms with van der Waals surface area (Å²) in [7, 11) is 0. The molecule has 0 atom stereocenters. The summed E-state index contributed by atoms with van der Waals surface area (Å²) in [4.78, 5) is 29.3. The van der Waals surface area contributed by atoms with Gasteiger partial charge in [-0.05, 0) is 32.4 Å². The van der Waals surface area contributed by atoms with Crippen LogP contribution in [0.2, 0.25) is 0 Å². The van der Waals surface area contributed by atoms with E-state index in [0.717, 1.165) is 17.5 Å². The Labute approximate surface area is 214 Å². The summed E-state index contributed by atoms with van der Waals surface area (Å²) in [6, 6.07) is 8.68. The normalized spacial score (nSPS) is 14.5. The summed E-state index contributed by atoms with van der Waals surface area (Å²) in [5, 5.41) is 10.8. The van der Waals surface area contributed by atoms with Gasteiger partial charge in [-0.15, -0.1) is 0 Å². The number of hydrogen-bond donors (Lipinski definition) is 2. The van der Waals surface area contributed by atoms with Gasteiger partial charge in [0.05, 0.1) is 11.2 Å². The van der Waals surface area contributed by atoms with Crippen molar-refractivity contribution in [3.63, 3.8) is 0 Å². The molecule has 196 valence electrons. The van der Waals surface area contributed by atoms with E-state index in [-0.39, 0.29) is 11.1 Å². The summed E-state index contributed by atoms with van der Waals surface area (Å²) in [6.45, 7) is 7.85. The molecule has 0 aliphatic carbocycles. The zero-order valence-electron chi connectivity index (χ0n) is 22.0. The van der Waals surface area contributed by atoms with E-state index in [1.807, 2.05) is 6.07 Å². The largest absolute Gasteiger partial charge is 0.494 e. The zero-order chi connectivity index (χ0) is 26.0. The van der Waals surface area contributed by atoms with Gasteiger partial charge >= 0.3 is 5.69 Å². The van der Waals surface area contributed by atoms with Gasteiger partial charge in [-0.2, -0.15) is 0 Å². The molecule has 0 radical (unpaired) electrons. The highest BCUT2D eigenvalue weighted by Gasteiger charge is 2.36. The lowest BCUT2D eigenvalue weighted by molar-refractivity contribution is 0.213. The van der Waals surface area contributed by atoms with Gasteiger partial charge in [0.2, 0.25) is 11.8 Å². The van der Waals surface area contributed by atoms with Crippen molar-refractivity contribution in [1.82, 2.24) is 14.5 Å². The molecule has 2 heterocycles. The molecule has 0 saturated carbocycles. The first kappa shape index (κ1) is 27.4. The SMILES string of the molecule is CCCCCCCCCCCCN1C(=C=Cc2c(O)n(-c3ccccc3)c(=O)[nH]c2=O)OCC1(C)C. The van der Waals surface area contributed by atoms with Crippen molar-refractivity contribution < 1.29 is 9.84 Å². The average Bonchev–Trinajstić information content (AvgIpc) is 3.13. The Bertz CT molecular complexity index is 1160. The molecule has 2 aromatic rings. The number of aromatic nitrogens is 2. The second kappa shape index (κ2) is 13.2. The molecule has 1 saturated heterocycles. The van der Waals surface area contributed by atoms with Crippen LogP contribution in [0.25, 0.3) is 11.8 Å². The van der Waals surface area contributed by atoms with Crippen molar-refractivity contribution >= 4 is 6.08 Å². The Morgan fingerprint density at radius 3 is 2.25 bits per heavy atom. The molecule has 0 spiro atoms. The fraction of sp³-hybridized carbons (Fsp3) is 0.552. The maximum Gasteiger partial charge on any atom is 0.335 e. The summed E-state index contributed by atoms with van der Waals surface area (Å²) >= 11 is 0. The second-order valence-corrected chi connectivity index (χ2v) is 10.2. The molecule has 7 nitrogen and oxygen atoms in total. The topological polar surface area (TPSA) is 87.6 Å². The van der Waals surface area contributed by atoms with Gasteiger partial charge in [0.1, 0.15) is 12.2 Å². The lowest BCUT2D eigenvalue weighted by Crippen LogP contribution is -2.39. The van der Waals surface area contributed by atoms with Crippen LogP contribution in [0, 0.1) is 0 Å². The molecule has 3 rings (SSSR count). The molecular weight excluding hydrogens is 454 g/mol. The van der Waals surface area contributed by atoms with E-state index in [1.54, 1.807) is 24.3 Å². The lowest BCUT2D eigenvalue weighted by Gasteiger charge is -2.29. The molecule has 1 aliphatic rings. The van der Waals surface area contributed by atoms with Crippen LogP contribution in [0.5, 0.6) is 5.88 Å². The fourth-order valence-corrected chi connectivity index (χ4v) is 4.58. The molecule has 0 amide bonds. The highest BCUT2D eigenvalue weighted by molar-refractivity contribution is 5.55. The predicted octanol–water partition coefficient (Wildman–Crippen LogP) is 5.72. The first-order valence-electron chi connectivity index (χ1n) is 13.4. The number of aromatic hydroxyl groups is 1. The van der Waals surface area contributed by atoms with Crippen LogP contribution < -0.4 is 11.2 Å². The molecule has 1 aliphatic heterocycles. The highest BCUT2D eigenvalue weighted by Crippen LogP contribution is 2.30. The van der Waals surface area contributed by atoms with Gasteiger partial charge < -0.3 is 14.7 Å². The van der Waals surface area contributed by atoms with Crippen molar-refractivity contribution in [3.05, 3.63) is 68.3 Å². The fourth-order valence-electron chi connectivity index (χ4n) is 4.58. The van der Waals surface area contributed by atoms with Crippen LogP contribution in [-0.2, 0) is 4.74 Å². The number of benzene rings is 1. The monoisotopic (exact) mass is 495 g/mol. The Balaban J connectivity index is 1.67. The van der Waals surface area contributed by atoms with Crippen molar-refractivity contribution in [1.29, 1.82) is 0 Å². The van der Waals surface area contributed by atoms with E-state index in [0.29, 0.717) is 18.2 Å². The van der Waals surface area contributed by atoms with E-state index in [2.05, 4.69) is 36.4 Å². The summed E-state index contributed by atoms with van der Waals surface area (Å²) in [5.41, 5.74) is 1.93. The minimum Gasteiger partial charge on any atom is -0.494 e. The number of hydrogen-bond acceptors (Lipinski definition) is 5. The summed E-state index contributed by atoms with van der Waals surface area (Å²) < 4.78 is 6.97. The van der Waals surface area contributed by atoms with Gasteiger partial charge in [0, 0.05) is 12.6 Å². The minimum absolute atomic E-state index is 0.0434. The number of H-pyrrole nitrogens is 1. The van der Waals surface area contributed by atoms with Crippen LogP contribution in [0.4, 0.5) is 0 Å². The number of aromatic amines is 1. The average molecular weight is 496 g/mol. The van der Waals surface area contributed by atoms with E-state index >= 15 is 0 Å². The predicted molar refractivity (Wildman–Crippen MR) is 144 cm³/mol. The summed E-state index contributed by atoms with van der Waals surface area (Å²) in [6.07, 6.45) is 14.2. The first-order chi connectivity index (χ1) is 17.3. The third kappa shape index (κ3) is 7.17. The first-order valence-corrected chi connectivity index (χ1v) is 13.4. The van der Waals surface area contributed by atoms with Gasteiger partial charge in [0.25, 0.3) is 5.56 Å². The number of unbranched alkanes of at least 4 members (excludes halogenated alkanes) is 9. The lowest BCUT2D eigenvalue weighted by atomic mass is 10.0. The third-order valence-corrected chi connectivity index (χ3v) is 6.75. The summed E-state index contributed by atoms with van der Waals surface area (Å²) in [5.74, 6) is 0.119. The number of para-hydroxylation sites is 1. The molecule has 1 aromatic heterocycles. The number of nitrogens with zero attached hydrogens (tertiary/aromatic N) is 2. The second-order valence-electron chi connectivity index (χ2n) is 10.2. The van der Waals surface area contributed by atoms with Crippen molar-refractivity contribution in [3.8, 4) is 11.6 Å². The third-order valence-electron chi connectivity index (χ3n) is 6.75. The highest BCUT2D eigenvalue weighted by atomic mass is 16.5. The van der Waals surface area contributed by atoms with Gasteiger partial charge in [-0.3, -0.25) is 9.78 Å². The van der Waals surface area contributed by atoms with Crippen molar-refractivity contribution in [2.45, 2.75) is 90.5 Å². The Morgan fingerprint density at radius 2 is 1.61 bits per heavy atom. The minimum atomic E-state index is -0.700. The molecule has 0 unspecified atom stereocenters. The van der Waals surface area contributed by atoms with E-state index in [9.17, 15) is 14.7 Å². The Hall–Kier alpha value is -3.18. The molecular formula is C29H41N3O4. The van der Waals surface area contributed by atoms with Crippen molar-refractivity contribution in [2.24, 2.45) is 0 Å².